The third-order valence-electron chi connectivity index (χ3n) is 3.25. The van der Waals surface area contributed by atoms with E-state index in [4.69, 9.17) is 4.74 Å². The van der Waals surface area contributed by atoms with E-state index in [-0.39, 0.29) is 18.6 Å². The third-order valence-corrected chi connectivity index (χ3v) is 3.74. The molecule has 1 amide bonds. The van der Waals surface area contributed by atoms with E-state index in [1.54, 1.807) is 0 Å². The van der Waals surface area contributed by atoms with Crippen LogP contribution >= 0.6 is 15.9 Å². The van der Waals surface area contributed by atoms with Gasteiger partial charge in [0.1, 0.15) is 5.75 Å². The van der Waals surface area contributed by atoms with Crippen molar-refractivity contribution >= 4 is 21.8 Å². The predicted octanol–water partition coefficient (Wildman–Crippen LogP) is 3.25. The second-order valence-corrected chi connectivity index (χ2v) is 6.45. The Hall–Kier alpha value is -1.85. The molecule has 2 rings (SSSR count). The summed E-state index contributed by atoms with van der Waals surface area (Å²) in [6.45, 7) is 0.722. The number of rotatable bonds is 7. The highest BCUT2D eigenvalue weighted by Gasteiger charge is 2.15. The second-order valence-electron chi connectivity index (χ2n) is 5.54. The first-order valence-electron chi connectivity index (χ1n) is 7.42. The minimum absolute atomic E-state index is 0.00673. The SMILES string of the molecule is CN(C)C[C@H](NC(=O)COc1cccc(Br)c1)c1ccccc1. The molecule has 5 heteroatoms. The van der Waals surface area contributed by atoms with Crippen molar-refractivity contribution in [2.75, 3.05) is 27.2 Å². The molecular weight excluding hydrogens is 356 g/mol. The zero-order valence-corrected chi connectivity index (χ0v) is 14.9. The minimum atomic E-state index is -0.138. The van der Waals surface area contributed by atoms with Crippen molar-refractivity contribution in [1.82, 2.24) is 10.2 Å². The molecule has 0 fully saturated rings. The summed E-state index contributed by atoms with van der Waals surface area (Å²) in [7, 11) is 3.97. The van der Waals surface area contributed by atoms with Gasteiger partial charge in [0.25, 0.3) is 5.91 Å². The molecule has 4 nitrogen and oxygen atoms in total. The van der Waals surface area contributed by atoms with E-state index in [2.05, 4.69) is 21.2 Å². The fourth-order valence-electron chi connectivity index (χ4n) is 2.23. The lowest BCUT2D eigenvalue weighted by molar-refractivity contribution is -0.124. The molecule has 122 valence electrons. The van der Waals surface area contributed by atoms with Crippen LogP contribution in [0.1, 0.15) is 11.6 Å². The van der Waals surface area contributed by atoms with E-state index in [1.165, 1.54) is 0 Å². The number of hydrogen-bond acceptors (Lipinski definition) is 3. The van der Waals surface area contributed by atoms with Crippen LogP contribution in [0.15, 0.2) is 59.1 Å². The van der Waals surface area contributed by atoms with Gasteiger partial charge in [0.05, 0.1) is 6.04 Å². The van der Waals surface area contributed by atoms with Gasteiger partial charge in [-0.1, -0.05) is 52.3 Å². The van der Waals surface area contributed by atoms with E-state index >= 15 is 0 Å². The summed E-state index contributed by atoms with van der Waals surface area (Å²) < 4.78 is 6.46. The molecule has 0 saturated carbocycles. The second kappa shape index (κ2) is 8.70. The standard InChI is InChI=1S/C18H21BrN2O2/c1-21(2)12-17(14-7-4-3-5-8-14)20-18(22)13-23-16-10-6-9-15(19)11-16/h3-11,17H,12-13H2,1-2H3,(H,20,22)/t17-/m0/s1. The molecule has 0 spiro atoms. The van der Waals surface area contributed by atoms with Crippen LogP contribution in [0.5, 0.6) is 5.75 Å². The Kier molecular flexibility index (Phi) is 6.62. The molecule has 0 aliphatic heterocycles. The Balaban J connectivity index is 1.95. The van der Waals surface area contributed by atoms with E-state index in [9.17, 15) is 4.79 Å². The minimum Gasteiger partial charge on any atom is -0.484 e. The Morgan fingerprint density at radius 1 is 1.17 bits per heavy atom. The molecule has 2 aromatic rings. The Labute approximate surface area is 145 Å². The molecule has 0 unspecified atom stereocenters. The zero-order chi connectivity index (χ0) is 16.7. The normalized spacial score (nSPS) is 12.0. The molecule has 23 heavy (non-hydrogen) atoms. The summed E-state index contributed by atoms with van der Waals surface area (Å²) in [5, 5.41) is 3.03. The van der Waals surface area contributed by atoms with Crippen molar-refractivity contribution in [1.29, 1.82) is 0 Å². The summed E-state index contributed by atoms with van der Waals surface area (Å²) in [5.41, 5.74) is 1.08. The van der Waals surface area contributed by atoms with Gasteiger partial charge in [-0.2, -0.15) is 0 Å². The first kappa shape index (κ1) is 17.5. The van der Waals surface area contributed by atoms with Gasteiger partial charge in [-0.05, 0) is 37.9 Å². The summed E-state index contributed by atoms with van der Waals surface area (Å²) in [5.74, 6) is 0.527. The first-order chi connectivity index (χ1) is 11.0. The molecule has 1 N–H and O–H groups in total. The largest absolute Gasteiger partial charge is 0.484 e. The van der Waals surface area contributed by atoms with Gasteiger partial charge in [-0.15, -0.1) is 0 Å². The van der Waals surface area contributed by atoms with Crippen molar-refractivity contribution in [3.63, 3.8) is 0 Å². The summed E-state index contributed by atoms with van der Waals surface area (Å²) in [6.07, 6.45) is 0. The maximum absolute atomic E-state index is 12.2. The lowest BCUT2D eigenvalue weighted by Crippen LogP contribution is -2.37. The Bertz CT molecular complexity index is 632. The molecule has 0 aliphatic carbocycles. The maximum Gasteiger partial charge on any atom is 0.258 e. The van der Waals surface area contributed by atoms with Crippen molar-refractivity contribution in [2.45, 2.75) is 6.04 Å². The van der Waals surface area contributed by atoms with Crippen molar-refractivity contribution < 1.29 is 9.53 Å². The zero-order valence-electron chi connectivity index (χ0n) is 13.3. The number of likely N-dealkylation sites (N-methyl/N-ethyl adjacent to an activating group) is 1. The summed E-state index contributed by atoms with van der Waals surface area (Å²) in [6, 6.07) is 17.3. The van der Waals surface area contributed by atoms with Gasteiger partial charge in [0.2, 0.25) is 0 Å². The van der Waals surface area contributed by atoms with Crippen LogP contribution < -0.4 is 10.1 Å². The van der Waals surface area contributed by atoms with Crippen LogP contribution in [0.3, 0.4) is 0 Å². The molecule has 0 radical (unpaired) electrons. The molecule has 0 aromatic heterocycles. The van der Waals surface area contributed by atoms with Crippen molar-refractivity contribution in [3.8, 4) is 5.75 Å². The lowest BCUT2D eigenvalue weighted by atomic mass is 10.1. The topological polar surface area (TPSA) is 41.6 Å². The predicted molar refractivity (Wildman–Crippen MR) is 95.5 cm³/mol. The molecule has 0 saturated heterocycles. The number of amides is 1. The number of nitrogens with one attached hydrogen (secondary N) is 1. The number of benzene rings is 2. The quantitative estimate of drug-likeness (QED) is 0.806. The van der Waals surface area contributed by atoms with Crippen LogP contribution in [0, 0.1) is 0 Å². The third kappa shape index (κ3) is 6.04. The molecule has 0 heterocycles. The van der Waals surface area contributed by atoms with Crippen LogP contribution in [0.25, 0.3) is 0 Å². The number of ether oxygens (including phenoxy) is 1. The Morgan fingerprint density at radius 3 is 2.57 bits per heavy atom. The molecule has 1 atom stereocenters. The lowest BCUT2D eigenvalue weighted by Gasteiger charge is -2.23. The summed E-state index contributed by atoms with van der Waals surface area (Å²) >= 11 is 3.38. The fraction of sp³-hybridized carbons (Fsp3) is 0.278. The van der Waals surface area contributed by atoms with Crippen LogP contribution in [-0.4, -0.2) is 38.1 Å². The number of carbonyl (C=O) groups is 1. The molecular formula is C18H21BrN2O2. The highest BCUT2D eigenvalue weighted by molar-refractivity contribution is 9.10. The highest BCUT2D eigenvalue weighted by Crippen LogP contribution is 2.18. The van der Waals surface area contributed by atoms with E-state index in [0.29, 0.717) is 5.75 Å². The van der Waals surface area contributed by atoms with Crippen LogP contribution in [-0.2, 0) is 4.79 Å². The monoisotopic (exact) mass is 376 g/mol. The summed E-state index contributed by atoms with van der Waals surface area (Å²) in [4.78, 5) is 14.2. The van der Waals surface area contributed by atoms with Crippen LogP contribution in [0.4, 0.5) is 0 Å². The fourth-order valence-corrected chi connectivity index (χ4v) is 2.60. The average Bonchev–Trinajstić information content (AvgIpc) is 2.53. The maximum atomic E-state index is 12.2. The number of hydrogen-bond donors (Lipinski definition) is 1. The van der Waals surface area contributed by atoms with Gasteiger partial charge < -0.3 is 15.0 Å². The van der Waals surface area contributed by atoms with Crippen molar-refractivity contribution in [2.24, 2.45) is 0 Å². The van der Waals surface area contributed by atoms with Gasteiger partial charge in [-0.3, -0.25) is 4.79 Å². The Morgan fingerprint density at radius 2 is 1.91 bits per heavy atom. The van der Waals surface area contributed by atoms with Gasteiger partial charge >= 0.3 is 0 Å². The number of nitrogens with zero attached hydrogens (tertiary/aromatic N) is 1. The average molecular weight is 377 g/mol. The van der Waals surface area contributed by atoms with Gasteiger partial charge in [-0.25, -0.2) is 0 Å². The number of carbonyl (C=O) groups excluding carboxylic acids is 1. The van der Waals surface area contributed by atoms with Crippen LogP contribution in [0.2, 0.25) is 0 Å². The first-order valence-corrected chi connectivity index (χ1v) is 8.21. The highest BCUT2D eigenvalue weighted by atomic mass is 79.9. The van der Waals surface area contributed by atoms with E-state index in [1.807, 2.05) is 73.6 Å². The van der Waals surface area contributed by atoms with E-state index < -0.39 is 0 Å². The smallest absolute Gasteiger partial charge is 0.258 e. The number of halogens is 1. The van der Waals surface area contributed by atoms with Gasteiger partial charge in [0.15, 0.2) is 6.61 Å². The molecule has 0 bridgehead atoms. The van der Waals surface area contributed by atoms with Crippen molar-refractivity contribution in [3.05, 3.63) is 64.6 Å². The molecule has 0 aliphatic rings. The molecule has 2 aromatic carbocycles. The van der Waals surface area contributed by atoms with Gasteiger partial charge in [0, 0.05) is 11.0 Å². The van der Waals surface area contributed by atoms with E-state index in [0.717, 1.165) is 16.6 Å².